The summed E-state index contributed by atoms with van der Waals surface area (Å²) in [5, 5.41) is 1.59. The molecule has 0 radical (unpaired) electrons. The molecule has 4 heteroatoms. The van der Waals surface area contributed by atoms with Crippen molar-refractivity contribution >= 4 is 16.3 Å². The van der Waals surface area contributed by atoms with Gasteiger partial charge in [-0.25, -0.2) is 4.98 Å². The maximum Gasteiger partial charge on any atom is 0.129 e. The zero-order valence-corrected chi connectivity index (χ0v) is 11.9. The Labute approximate surface area is 121 Å². The topological polar surface area (TPSA) is 48.1 Å². The van der Waals surface area contributed by atoms with Gasteiger partial charge in [-0.05, 0) is 12.1 Å². The summed E-state index contributed by atoms with van der Waals surface area (Å²) in [4.78, 5) is 4.67. The zero-order valence-electron chi connectivity index (χ0n) is 11.0. The van der Waals surface area contributed by atoms with Crippen LogP contribution in [0.4, 0.5) is 5.00 Å². The van der Waals surface area contributed by atoms with Gasteiger partial charge in [0.2, 0.25) is 0 Å². The highest BCUT2D eigenvalue weighted by molar-refractivity contribution is 7.19. The molecule has 20 heavy (non-hydrogen) atoms. The number of aromatic nitrogens is 1. The van der Waals surface area contributed by atoms with E-state index in [1.165, 1.54) is 11.3 Å². The first-order valence-corrected chi connectivity index (χ1v) is 7.06. The molecule has 0 saturated carbocycles. The summed E-state index contributed by atoms with van der Waals surface area (Å²) in [6.45, 7) is 0. The molecule has 0 unspecified atom stereocenters. The number of ether oxygens (including phenoxy) is 1. The third-order valence-corrected chi connectivity index (χ3v) is 3.96. The molecule has 1 heterocycles. The van der Waals surface area contributed by atoms with Gasteiger partial charge in [0.25, 0.3) is 0 Å². The lowest BCUT2D eigenvalue weighted by Gasteiger charge is -2.04. The van der Waals surface area contributed by atoms with Gasteiger partial charge in [-0.3, -0.25) is 0 Å². The number of nitrogens with two attached hydrogens (primary N) is 1. The number of anilines is 1. The number of nitrogen functional groups attached to an aromatic ring is 1. The normalized spacial score (nSPS) is 10.4. The summed E-state index contributed by atoms with van der Waals surface area (Å²) in [5.74, 6) is 0.806. The van der Waals surface area contributed by atoms with Crippen molar-refractivity contribution in [1.29, 1.82) is 0 Å². The van der Waals surface area contributed by atoms with Crippen molar-refractivity contribution < 1.29 is 4.74 Å². The van der Waals surface area contributed by atoms with Crippen LogP contribution in [0.3, 0.4) is 0 Å². The maximum atomic E-state index is 6.12. The molecule has 3 nitrogen and oxygen atoms in total. The van der Waals surface area contributed by atoms with E-state index in [0.717, 1.165) is 32.6 Å². The number of hydrogen-bond acceptors (Lipinski definition) is 4. The molecule has 0 aliphatic heterocycles. The quantitative estimate of drug-likeness (QED) is 0.787. The van der Waals surface area contributed by atoms with Crippen LogP contribution in [-0.4, -0.2) is 12.1 Å². The van der Waals surface area contributed by atoms with Crippen molar-refractivity contribution in [2.75, 3.05) is 12.8 Å². The van der Waals surface area contributed by atoms with E-state index in [1.54, 1.807) is 7.11 Å². The molecule has 2 aromatic carbocycles. The molecule has 100 valence electrons. The first-order chi connectivity index (χ1) is 9.79. The Hall–Kier alpha value is -2.33. The van der Waals surface area contributed by atoms with Crippen molar-refractivity contribution in [3.8, 4) is 27.6 Å². The van der Waals surface area contributed by atoms with Crippen LogP contribution in [0.25, 0.3) is 21.8 Å². The van der Waals surface area contributed by atoms with E-state index < -0.39 is 0 Å². The van der Waals surface area contributed by atoms with Gasteiger partial charge in [0.1, 0.15) is 21.5 Å². The second-order valence-corrected chi connectivity index (χ2v) is 5.33. The van der Waals surface area contributed by atoms with Crippen LogP contribution in [0, 0.1) is 0 Å². The number of nitrogens with zero attached hydrogens (tertiary/aromatic N) is 1. The minimum Gasteiger partial charge on any atom is -0.496 e. The number of rotatable bonds is 3. The van der Waals surface area contributed by atoms with Crippen LogP contribution in [0.15, 0.2) is 54.6 Å². The summed E-state index contributed by atoms with van der Waals surface area (Å²) in [6.07, 6.45) is 0. The number of thiazole rings is 1. The van der Waals surface area contributed by atoms with Gasteiger partial charge in [0, 0.05) is 5.56 Å². The largest absolute Gasteiger partial charge is 0.496 e. The Kier molecular flexibility index (Phi) is 3.39. The maximum absolute atomic E-state index is 6.12. The standard InChI is InChI=1S/C16H14N2OS/c1-19-13-10-6-5-9-12(13)16-18-14(15(17)20-16)11-7-3-2-4-8-11/h2-10H,17H2,1H3. The van der Waals surface area contributed by atoms with Crippen LogP contribution in [0.5, 0.6) is 5.75 Å². The van der Waals surface area contributed by atoms with E-state index in [9.17, 15) is 0 Å². The van der Waals surface area contributed by atoms with Crippen LogP contribution >= 0.6 is 11.3 Å². The summed E-state index contributed by atoms with van der Waals surface area (Å²) < 4.78 is 5.38. The Morgan fingerprint density at radius 2 is 1.70 bits per heavy atom. The SMILES string of the molecule is COc1ccccc1-c1nc(-c2ccccc2)c(N)s1. The molecule has 0 aliphatic rings. The predicted molar refractivity (Wildman–Crippen MR) is 84.0 cm³/mol. The fraction of sp³-hybridized carbons (Fsp3) is 0.0625. The first kappa shape index (κ1) is 12.7. The van der Waals surface area contributed by atoms with Crippen molar-refractivity contribution in [3.05, 3.63) is 54.6 Å². The van der Waals surface area contributed by atoms with Crippen molar-refractivity contribution in [2.24, 2.45) is 0 Å². The summed E-state index contributed by atoms with van der Waals surface area (Å²) >= 11 is 1.48. The van der Waals surface area contributed by atoms with Crippen molar-refractivity contribution in [1.82, 2.24) is 4.98 Å². The summed E-state index contributed by atoms with van der Waals surface area (Å²) in [7, 11) is 1.66. The average molecular weight is 282 g/mol. The molecule has 0 spiro atoms. The summed E-state index contributed by atoms with van der Waals surface area (Å²) in [5.41, 5.74) is 8.94. The smallest absolute Gasteiger partial charge is 0.129 e. The van der Waals surface area contributed by atoms with Crippen LogP contribution in [0.2, 0.25) is 0 Å². The molecular weight excluding hydrogens is 268 g/mol. The van der Waals surface area contributed by atoms with E-state index >= 15 is 0 Å². The number of methoxy groups -OCH3 is 1. The first-order valence-electron chi connectivity index (χ1n) is 6.24. The molecular formula is C16H14N2OS. The number of benzene rings is 2. The molecule has 0 aliphatic carbocycles. The van der Waals surface area contributed by atoms with E-state index in [0.29, 0.717) is 0 Å². The van der Waals surface area contributed by atoms with Crippen molar-refractivity contribution in [3.63, 3.8) is 0 Å². The predicted octanol–water partition coefficient (Wildman–Crippen LogP) is 4.07. The molecule has 3 aromatic rings. The highest BCUT2D eigenvalue weighted by Gasteiger charge is 2.14. The van der Waals surface area contributed by atoms with Gasteiger partial charge < -0.3 is 10.5 Å². The lowest BCUT2D eigenvalue weighted by molar-refractivity contribution is 0.416. The van der Waals surface area contributed by atoms with Gasteiger partial charge in [-0.15, -0.1) is 0 Å². The van der Waals surface area contributed by atoms with Crippen LogP contribution in [0.1, 0.15) is 0 Å². The Morgan fingerprint density at radius 3 is 2.45 bits per heavy atom. The van der Waals surface area contributed by atoms with Crippen LogP contribution < -0.4 is 10.5 Å². The Morgan fingerprint density at radius 1 is 1.00 bits per heavy atom. The second-order valence-electron chi connectivity index (χ2n) is 4.30. The third kappa shape index (κ3) is 2.26. The van der Waals surface area contributed by atoms with Gasteiger partial charge in [0.05, 0.1) is 12.7 Å². The van der Waals surface area contributed by atoms with Crippen molar-refractivity contribution in [2.45, 2.75) is 0 Å². The fourth-order valence-corrected chi connectivity index (χ4v) is 2.96. The third-order valence-electron chi connectivity index (χ3n) is 3.04. The molecule has 2 N–H and O–H groups in total. The minimum atomic E-state index is 0.720. The highest BCUT2D eigenvalue weighted by Crippen LogP contribution is 2.38. The van der Waals surface area contributed by atoms with Gasteiger partial charge >= 0.3 is 0 Å². The van der Waals surface area contributed by atoms with E-state index in [2.05, 4.69) is 4.98 Å². The highest BCUT2D eigenvalue weighted by atomic mass is 32.1. The second kappa shape index (κ2) is 5.35. The number of hydrogen-bond donors (Lipinski definition) is 1. The fourth-order valence-electron chi connectivity index (χ4n) is 2.07. The number of para-hydroxylation sites is 1. The average Bonchev–Trinajstić information content (AvgIpc) is 2.90. The zero-order chi connectivity index (χ0) is 13.9. The molecule has 3 rings (SSSR count). The lowest BCUT2D eigenvalue weighted by Crippen LogP contribution is -1.87. The Bertz CT molecular complexity index is 722. The van der Waals surface area contributed by atoms with E-state index in [4.69, 9.17) is 10.5 Å². The molecule has 0 atom stereocenters. The van der Waals surface area contributed by atoms with Gasteiger partial charge in [-0.1, -0.05) is 53.8 Å². The van der Waals surface area contributed by atoms with Crippen LogP contribution in [-0.2, 0) is 0 Å². The van der Waals surface area contributed by atoms with E-state index in [-0.39, 0.29) is 0 Å². The molecule has 0 bridgehead atoms. The van der Waals surface area contributed by atoms with Gasteiger partial charge in [-0.2, -0.15) is 0 Å². The summed E-state index contributed by atoms with van der Waals surface area (Å²) in [6, 6.07) is 17.8. The molecule has 0 saturated heterocycles. The molecule has 0 fully saturated rings. The lowest BCUT2D eigenvalue weighted by atomic mass is 10.1. The monoisotopic (exact) mass is 282 g/mol. The van der Waals surface area contributed by atoms with Gasteiger partial charge in [0.15, 0.2) is 0 Å². The minimum absolute atomic E-state index is 0.720. The Balaban J connectivity index is 2.09. The molecule has 0 amide bonds. The molecule has 1 aromatic heterocycles. The van der Waals surface area contributed by atoms with E-state index in [1.807, 2.05) is 54.6 Å².